The highest BCUT2D eigenvalue weighted by atomic mass is 15.3. The zero-order valence-corrected chi connectivity index (χ0v) is 10.2. The lowest BCUT2D eigenvalue weighted by Crippen LogP contribution is -2.29. The van der Waals surface area contributed by atoms with Crippen LogP contribution in [0.3, 0.4) is 0 Å². The van der Waals surface area contributed by atoms with E-state index in [4.69, 9.17) is 5.26 Å². The molecule has 0 unspecified atom stereocenters. The average Bonchev–Trinajstić information content (AvgIpc) is 2.98. The highest BCUT2D eigenvalue weighted by molar-refractivity contribution is 6.10. The Balaban J connectivity index is 1.93. The molecule has 0 saturated heterocycles. The summed E-state index contributed by atoms with van der Waals surface area (Å²) in [4.78, 5) is 14.9. The van der Waals surface area contributed by atoms with E-state index in [1.165, 1.54) is 0 Å². The maximum absolute atomic E-state index is 8.81. The van der Waals surface area contributed by atoms with E-state index in [-0.39, 0.29) is 0 Å². The van der Waals surface area contributed by atoms with E-state index in [0.29, 0.717) is 5.56 Å². The largest absolute Gasteiger partial charge is 0.308 e. The third-order valence-corrected chi connectivity index (χ3v) is 2.94. The van der Waals surface area contributed by atoms with Crippen molar-refractivity contribution in [3.8, 4) is 6.07 Å². The van der Waals surface area contributed by atoms with Gasteiger partial charge in [-0.15, -0.1) is 0 Å². The lowest BCUT2D eigenvalue weighted by atomic mass is 10.1. The summed E-state index contributed by atoms with van der Waals surface area (Å²) in [6.45, 7) is 1.54. The molecular weight excluding hydrogens is 238 g/mol. The molecule has 0 spiro atoms. The molecular formula is C14H11N5. The van der Waals surface area contributed by atoms with Gasteiger partial charge in [0.05, 0.1) is 24.4 Å². The molecule has 1 aromatic heterocycles. The van der Waals surface area contributed by atoms with Crippen molar-refractivity contribution in [3.05, 3.63) is 54.0 Å². The van der Waals surface area contributed by atoms with E-state index in [1.807, 2.05) is 17.0 Å². The third kappa shape index (κ3) is 2.16. The molecule has 5 nitrogen and oxygen atoms in total. The van der Waals surface area contributed by atoms with Gasteiger partial charge in [0.25, 0.3) is 0 Å². The van der Waals surface area contributed by atoms with Crippen LogP contribution in [0, 0.1) is 11.3 Å². The fraction of sp³-hybridized carbons (Fsp3) is 0.143. The van der Waals surface area contributed by atoms with Crippen LogP contribution in [0.15, 0.2) is 47.8 Å². The van der Waals surface area contributed by atoms with Crippen molar-refractivity contribution in [2.45, 2.75) is 0 Å². The molecule has 1 aliphatic rings. The number of aliphatic imine (C=N–C) groups is 1. The Kier molecular flexibility index (Phi) is 2.91. The van der Waals surface area contributed by atoms with Gasteiger partial charge in [0.2, 0.25) is 0 Å². The van der Waals surface area contributed by atoms with Crippen LogP contribution < -0.4 is 4.90 Å². The monoisotopic (exact) mass is 249 g/mol. The molecule has 3 rings (SSSR count). The number of anilines is 1. The van der Waals surface area contributed by atoms with Gasteiger partial charge < -0.3 is 4.90 Å². The first-order valence-electron chi connectivity index (χ1n) is 5.97. The Labute approximate surface area is 110 Å². The molecule has 0 N–H and O–H groups in total. The second-order valence-corrected chi connectivity index (χ2v) is 4.11. The molecule has 19 heavy (non-hydrogen) atoms. The maximum Gasteiger partial charge on any atom is 0.152 e. The lowest BCUT2D eigenvalue weighted by molar-refractivity contribution is 0.988. The number of hydrogen-bond donors (Lipinski definition) is 0. The summed E-state index contributed by atoms with van der Waals surface area (Å²) in [5.74, 6) is 1.67. The number of amidine groups is 1. The van der Waals surface area contributed by atoms with Crippen LogP contribution in [0.5, 0.6) is 0 Å². The van der Waals surface area contributed by atoms with Gasteiger partial charge in [-0.1, -0.05) is 0 Å². The molecule has 0 saturated carbocycles. The van der Waals surface area contributed by atoms with Gasteiger partial charge in [0, 0.05) is 24.5 Å². The van der Waals surface area contributed by atoms with Crippen molar-refractivity contribution < 1.29 is 0 Å². The molecule has 5 heteroatoms. The number of aromatic nitrogens is 2. The topological polar surface area (TPSA) is 65.2 Å². The predicted octanol–water partition coefficient (Wildman–Crippen LogP) is 1.62. The summed E-state index contributed by atoms with van der Waals surface area (Å²) in [5, 5.41) is 8.81. The second kappa shape index (κ2) is 4.86. The molecule has 2 aromatic rings. The van der Waals surface area contributed by atoms with Crippen LogP contribution in [0.4, 0.5) is 5.82 Å². The van der Waals surface area contributed by atoms with Crippen molar-refractivity contribution in [2.75, 3.05) is 18.0 Å². The van der Waals surface area contributed by atoms with E-state index >= 15 is 0 Å². The molecule has 0 amide bonds. The first-order chi connectivity index (χ1) is 9.38. The Morgan fingerprint density at radius 2 is 2.00 bits per heavy atom. The van der Waals surface area contributed by atoms with Crippen LogP contribution >= 0.6 is 0 Å². The Hall–Kier alpha value is -2.74. The summed E-state index contributed by atoms with van der Waals surface area (Å²) in [6, 6.07) is 9.52. The summed E-state index contributed by atoms with van der Waals surface area (Å²) in [6.07, 6.45) is 5.05. The van der Waals surface area contributed by atoms with Crippen LogP contribution in [0.25, 0.3) is 0 Å². The third-order valence-electron chi connectivity index (χ3n) is 2.94. The maximum atomic E-state index is 8.81. The fourth-order valence-corrected chi connectivity index (χ4v) is 2.04. The summed E-state index contributed by atoms with van der Waals surface area (Å²) < 4.78 is 0. The smallest absolute Gasteiger partial charge is 0.152 e. The first kappa shape index (κ1) is 11.4. The van der Waals surface area contributed by atoms with Gasteiger partial charge in [0.1, 0.15) is 5.84 Å². The van der Waals surface area contributed by atoms with Crippen molar-refractivity contribution in [1.82, 2.24) is 9.97 Å². The fourth-order valence-electron chi connectivity index (χ4n) is 2.04. The molecule has 0 fully saturated rings. The minimum atomic E-state index is 0.647. The quantitative estimate of drug-likeness (QED) is 0.811. The van der Waals surface area contributed by atoms with Crippen molar-refractivity contribution in [2.24, 2.45) is 4.99 Å². The van der Waals surface area contributed by atoms with Crippen molar-refractivity contribution >= 4 is 11.7 Å². The van der Waals surface area contributed by atoms with E-state index in [1.54, 1.807) is 30.7 Å². The van der Waals surface area contributed by atoms with Crippen molar-refractivity contribution in [1.29, 1.82) is 5.26 Å². The summed E-state index contributed by atoms with van der Waals surface area (Å²) in [7, 11) is 0. The molecule has 0 radical (unpaired) electrons. The number of hydrogen-bond acceptors (Lipinski definition) is 5. The number of nitrogens with zero attached hydrogens (tertiary/aromatic N) is 5. The lowest BCUT2D eigenvalue weighted by Gasteiger charge is -2.18. The van der Waals surface area contributed by atoms with Gasteiger partial charge >= 0.3 is 0 Å². The van der Waals surface area contributed by atoms with E-state index in [9.17, 15) is 0 Å². The van der Waals surface area contributed by atoms with Crippen LogP contribution in [0.2, 0.25) is 0 Å². The summed E-state index contributed by atoms with van der Waals surface area (Å²) in [5.41, 5.74) is 1.63. The van der Waals surface area contributed by atoms with E-state index < -0.39 is 0 Å². The van der Waals surface area contributed by atoms with E-state index in [0.717, 1.165) is 30.3 Å². The Morgan fingerprint density at radius 1 is 1.16 bits per heavy atom. The van der Waals surface area contributed by atoms with Gasteiger partial charge in [-0.3, -0.25) is 9.98 Å². The molecule has 0 bridgehead atoms. The number of benzene rings is 1. The average molecular weight is 249 g/mol. The molecule has 1 aromatic carbocycles. The standard InChI is InChI=1S/C14H11N5/c15-9-11-1-3-12(4-2-11)14-18-7-8-19(14)13-10-16-5-6-17-13/h1-6,10H,7-8H2. The van der Waals surface area contributed by atoms with Crippen LogP contribution in [-0.4, -0.2) is 28.9 Å². The summed E-state index contributed by atoms with van der Waals surface area (Å²) >= 11 is 0. The van der Waals surface area contributed by atoms with Gasteiger partial charge in [-0.2, -0.15) is 5.26 Å². The molecule has 0 atom stereocenters. The highest BCUT2D eigenvalue weighted by Gasteiger charge is 2.21. The van der Waals surface area contributed by atoms with E-state index in [2.05, 4.69) is 21.0 Å². The second-order valence-electron chi connectivity index (χ2n) is 4.11. The number of nitriles is 1. The minimum absolute atomic E-state index is 0.647. The predicted molar refractivity (Wildman–Crippen MR) is 71.9 cm³/mol. The SMILES string of the molecule is N#Cc1ccc(C2=NCCN2c2cnccn2)cc1. The van der Waals surface area contributed by atoms with Crippen molar-refractivity contribution in [3.63, 3.8) is 0 Å². The first-order valence-corrected chi connectivity index (χ1v) is 5.97. The van der Waals surface area contributed by atoms with Crippen LogP contribution in [0.1, 0.15) is 11.1 Å². The van der Waals surface area contributed by atoms with Gasteiger partial charge in [0.15, 0.2) is 5.82 Å². The molecule has 1 aliphatic heterocycles. The van der Waals surface area contributed by atoms with Crippen LogP contribution in [-0.2, 0) is 0 Å². The Morgan fingerprint density at radius 3 is 2.68 bits per heavy atom. The normalized spacial score (nSPS) is 14.1. The highest BCUT2D eigenvalue weighted by Crippen LogP contribution is 2.18. The molecule has 0 aliphatic carbocycles. The Bertz CT molecular complexity index is 640. The minimum Gasteiger partial charge on any atom is -0.308 e. The van der Waals surface area contributed by atoms with Gasteiger partial charge in [-0.25, -0.2) is 4.98 Å². The number of rotatable bonds is 2. The zero-order valence-electron chi connectivity index (χ0n) is 10.2. The zero-order chi connectivity index (χ0) is 13.1. The molecule has 2 heterocycles. The molecule has 92 valence electrons. The van der Waals surface area contributed by atoms with Gasteiger partial charge in [-0.05, 0) is 24.3 Å².